The van der Waals surface area contributed by atoms with Gasteiger partial charge in [-0.2, -0.15) is 0 Å². The molecule has 0 aromatic heterocycles. The molecule has 1 fully saturated rings. The summed E-state index contributed by atoms with van der Waals surface area (Å²) in [5, 5.41) is 10.9. The third kappa shape index (κ3) is 3.43. The fourth-order valence-corrected chi connectivity index (χ4v) is 3.59. The highest BCUT2D eigenvalue weighted by Crippen LogP contribution is 2.41. The number of Topliss-reactive ketones (excluding diaryl/α,β-unsaturated/α-hetero) is 1. The van der Waals surface area contributed by atoms with Gasteiger partial charge in [-0.15, -0.1) is 0 Å². The predicted octanol–water partition coefficient (Wildman–Crippen LogP) is 4.45. The number of aliphatic hydroxyl groups is 1. The van der Waals surface area contributed by atoms with Gasteiger partial charge < -0.3 is 10.0 Å². The van der Waals surface area contributed by atoms with Crippen molar-refractivity contribution in [3.63, 3.8) is 0 Å². The first-order chi connectivity index (χ1) is 14.1. The number of halogens is 1. The van der Waals surface area contributed by atoms with Crippen molar-refractivity contribution in [2.75, 3.05) is 0 Å². The molecule has 3 aromatic rings. The summed E-state index contributed by atoms with van der Waals surface area (Å²) in [5.74, 6) is -2.45. The minimum absolute atomic E-state index is 0.109. The van der Waals surface area contributed by atoms with Gasteiger partial charge in [-0.1, -0.05) is 78.9 Å². The van der Waals surface area contributed by atoms with Gasteiger partial charge in [0, 0.05) is 17.7 Å². The monoisotopic (exact) mass is 387 g/mol. The summed E-state index contributed by atoms with van der Waals surface area (Å²) in [6.07, 6.45) is 0. The van der Waals surface area contributed by atoms with Gasteiger partial charge in [-0.3, -0.25) is 9.59 Å². The van der Waals surface area contributed by atoms with E-state index in [0.29, 0.717) is 5.56 Å². The van der Waals surface area contributed by atoms with Crippen molar-refractivity contribution in [2.24, 2.45) is 0 Å². The lowest BCUT2D eigenvalue weighted by Gasteiger charge is -2.25. The van der Waals surface area contributed by atoms with Gasteiger partial charge in [0.15, 0.2) is 0 Å². The molecule has 4 rings (SSSR count). The minimum atomic E-state index is -1.02. The quantitative estimate of drug-likeness (QED) is 0.409. The first kappa shape index (κ1) is 18.6. The second-order valence-corrected chi connectivity index (χ2v) is 6.80. The summed E-state index contributed by atoms with van der Waals surface area (Å²) in [4.78, 5) is 27.1. The van der Waals surface area contributed by atoms with Crippen molar-refractivity contribution in [1.29, 1.82) is 0 Å². The Balaban J connectivity index is 1.89. The first-order valence-corrected chi connectivity index (χ1v) is 9.20. The van der Waals surface area contributed by atoms with Gasteiger partial charge in [-0.05, 0) is 11.6 Å². The number of carbonyl (C=O) groups excluding carboxylic acids is 2. The molecule has 1 N–H and O–H groups in total. The van der Waals surface area contributed by atoms with E-state index >= 15 is 0 Å². The van der Waals surface area contributed by atoms with Gasteiger partial charge in [0.05, 0.1) is 11.6 Å². The van der Waals surface area contributed by atoms with E-state index in [1.54, 1.807) is 42.5 Å². The SMILES string of the molecule is O=C1C(=O)N(Cc2ccccc2)[C@H](c2ccccc2F)/C1=C(\O)c1ccccc1. The second kappa shape index (κ2) is 7.72. The number of hydrogen-bond acceptors (Lipinski definition) is 3. The summed E-state index contributed by atoms with van der Waals surface area (Å²) < 4.78 is 14.7. The molecule has 4 nitrogen and oxygen atoms in total. The third-order valence-corrected chi connectivity index (χ3v) is 4.98. The van der Waals surface area contributed by atoms with E-state index in [1.165, 1.54) is 17.0 Å². The van der Waals surface area contributed by atoms with Gasteiger partial charge in [0.25, 0.3) is 11.7 Å². The van der Waals surface area contributed by atoms with Crippen molar-refractivity contribution in [3.05, 3.63) is 113 Å². The van der Waals surface area contributed by atoms with Crippen molar-refractivity contribution >= 4 is 17.4 Å². The Bertz CT molecular complexity index is 1090. The molecule has 1 atom stereocenters. The van der Waals surface area contributed by atoms with E-state index in [0.717, 1.165) is 5.56 Å². The highest BCUT2D eigenvalue weighted by atomic mass is 19.1. The average Bonchev–Trinajstić information content (AvgIpc) is 3.00. The zero-order chi connectivity index (χ0) is 20.4. The molecule has 1 amide bonds. The molecule has 29 heavy (non-hydrogen) atoms. The Kier molecular flexibility index (Phi) is 4.96. The van der Waals surface area contributed by atoms with Crippen LogP contribution in [0.1, 0.15) is 22.7 Å². The number of nitrogens with zero attached hydrogens (tertiary/aromatic N) is 1. The van der Waals surface area contributed by atoms with Crippen molar-refractivity contribution in [3.8, 4) is 0 Å². The van der Waals surface area contributed by atoms with Crippen LogP contribution in [0.15, 0.2) is 90.5 Å². The van der Waals surface area contributed by atoms with Crippen LogP contribution in [0.25, 0.3) is 5.76 Å². The van der Waals surface area contributed by atoms with E-state index < -0.39 is 23.5 Å². The Labute approximate surface area is 167 Å². The smallest absolute Gasteiger partial charge is 0.295 e. The van der Waals surface area contributed by atoms with Gasteiger partial charge in [-0.25, -0.2) is 4.39 Å². The predicted molar refractivity (Wildman–Crippen MR) is 107 cm³/mol. The molecule has 0 radical (unpaired) electrons. The highest BCUT2D eigenvalue weighted by Gasteiger charge is 2.46. The maximum atomic E-state index is 14.7. The van der Waals surface area contributed by atoms with Gasteiger partial charge in [0.2, 0.25) is 0 Å². The van der Waals surface area contributed by atoms with Crippen molar-refractivity contribution in [2.45, 2.75) is 12.6 Å². The van der Waals surface area contributed by atoms with E-state index in [9.17, 15) is 19.1 Å². The summed E-state index contributed by atoms with van der Waals surface area (Å²) in [5.41, 5.74) is 1.25. The van der Waals surface area contributed by atoms with Crippen LogP contribution in [0.5, 0.6) is 0 Å². The Morgan fingerprint density at radius 1 is 0.862 bits per heavy atom. The summed E-state index contributed by atoms with van der Waals surface area (Å²) in [6, 6.07) is 22.6. The number of amides is 1. The number of carbonyl (C=O) groups is 2. The van der Waals surface area contributed by atoms with Crippen LogP contribution in [0.2, 0.25) is 0 Å². The Morgan fingerprint density at radius 3 is 2.10 bits per heavy atom. The molecule has 144 valence electrons. The molecule has 1 aliphatic rings. The van der Waals surface area contributed by atoms with Crippen LogP contribution in [0.4, 0.5) is 4.39 Å². The lowest BCUT2D eigenvalue weighted by Crippen LogP contribution is -2.29. The van der Waals surface area contributed by atoms with Crippen LogP contribution in [-0.2, 0) is 16.1 Å². The van der Waals surface area contributed by atoms with E-state index in [4.69, 9.17) is 0 Å². The average molecular weight is 387 g/mol. The Hall–Kier alpha value is -3.73. The number of benzene rings is 3. The number of ketones is 1. The summed E-state index contributed by atoms with van der Waals surface area (Å²) in [6.45, 7) is 0.121. The molecule has 0 bridgehead atoms. The fraction of sp³-hybridized carbons (Fsp3) is 0.0833. The highest BCUT2D eigenvalue weighted by molar-refractivity contribution is 6.46. The molecule has 0 saturated carbocycles. The maximum Gasteiger partial charge on any atom is 0.295 e. The standard InChI is InChI=1S/C24H18FNO3/c25-19-14-8-7-13-18(19)21-20(22(27)17-11-5-2-6-12-17)23(28)24(29)26(21)15-16-9-3-1-4-10-16/h1-14,21,27H,15H2/b22-20+/t21-/m1/s1. The van der Waals surface area contributed by atoms with E-state index in [-0.39, 0.29) is 23.4 Å². The summed E-state index contributed by atoms with van der Waals surface area (Å²) >= 11 is 0. The van der Waals surface area contributed by atoms with Crippen LogP contribution >= 0.6 is 0 Å². The normalized spacial score (nSPS) is 18.2. The second-order valence-electron chi connectivity index (χ2n) is 6.80. The number of hydrogen-bond donors (Lipinski definition) is 1. The molecule has 5 heteroatoms. The Morgan fingerprint density at radius 2 is 1.45 bits per heavy atom. The molecular formula is C24H18FNO3. The lowest BCUT2D eigenvalue weighted by molar-refractivity contribution is -0.140. The maximum absolute atomic E-state index is 14.7. The lowest BCUT2D eigenvalue weighted by atomic mass is 9.95. The largest absolute Gasteiger partial charge is 0.507 e. The van der Waals surface area contributed by atoms with Crippen molar-refractivity contribution < 1.29 is 19.1 Å². The van der Waals surface area contributed by atoms with E-state index in [1.807, 2.05) is 30.3 Å². The van der Waals surface area contributed by atoms with Crippen LogP contribution in [-0.4, -0.2) is 21.7 Å². The molecule has 0 spiro atoms. The molecule has 1 aliphatic heterocycles. The molecule has 1 heterocycles. The molecule has 0 unspecified atom stereocenters. The minimum Gasteiger partial charge on any atom is -0.507 e. The number of likely N-dealkylation sites (tertiary alicyclic amines) is 1. The molecule has 0 aliphatic carbocycles. The van der Waals surface area contributed by atoms with Crippen LogP contribution < -0.4 is 0 Å². The third-order valence-electron chi connectivity index (χ3n) is 4.98. The molecular weight excluding hydrogens is 369 g/mol. The zero-order valence-corrected chi connectivity index (χ0v) is 15.5. The number of rotatable bonds is 4. The molecule has 3 aromatic carbocycles. The first-order valence-electron chi connectivity index (χ1n) is 9.20. The van der Waals surface area contributed by atoms with Gasteiger partial charge >= 0.3 is 0 Å². The zero-order valence-electron chi connectivity index (χ0n) is 15.5. The number of aliphatic hydroxyl groups excluding tert-OH is 1. The van der Waals surface area contributed by atoms with E-state index in [2.05, 4.69) is 0 Å². The van der Waals surface area contributed by atoms with Crippen LogP contribution in [0, 0.1) is 5.82 Å². The van der Waals surface area contributed by atoms with Gasteiger partial charge in [0.1, 0.15) is 11.6 Å². The van der Waals surface area contributed by atoms with Crippen LogP contribution in [0.3, 0.4) is 0 Å². The topological polar surface area (TPSA) is 57.6 Å². The summed E-state index contributed by atoms with van der Waals surface area (Å²) in [7, 11) is 0. The van der Waals surface area contributed by atoms with Crippen molar-refractivity contribution in [1.82, 2.24) is 4.90 Å². The fourth-order valence-electron chi connectivity index (χ4n) is 3.59. The molecule has 1 saturated heterocycles.